The molecule has 168 valence electrons. The van der Waals surface area contributed by atoms with Gasteiger partial charge in [0, 0.05) is 10.4 Å². The van der Waals surface area contributed by atoms with E-state index in [9.17, 15) is 19.2 Å². The van der Waals surface area contributed by atoms with Gasteiger partial charge in [0.25, 0.3) is 0 Å². The average molecular weight is 455 g/mol. The van der Waals surface area contributed by atoms with Gasteiger partial charge in [-0.1, -0.05) is 31.5 Å². The van der Waals surface area contributed by atoms with Crippen LogP contribution >= 0.6 is 11.3 Å². The lowest BCUT2D eigenvalue weighted by Gasteiger charge is -2.32. The summed E-state index contributed by atoms with van der Waals surface area (Å²) in [4.78, 5) is 54.6. The number of Topliss-reactive ketones (excluding diaryl/α,β-unsaturated/α-hetero) is 1. The quantitative estimate of drug-likeness (QED) is 0.391. The Balaban J connectivity index is 1.84. The SMILES string of the molecule is CCCC1(C(=O)OCC)NC(c2cccs2)C2C(=O)N(c3cccc(C(C)=O)c3)C(=O)C21. The van der Waals surface area contributed by atoms with E-state index in [-0.39, 0.29) is 18.3 Å². The second kappa shape index (κ2) is 8.60. The molecule has 0 saturated carbocycles. The Morgan fingerprint density at radius 2 is 1.94 bits per heavy atom. The Hall–Kier alpha value is -2.84. The highest BCUT2D eigenvalue weighted by molar-refractivity contribution is 7.10. The van der Waals surface area contributed by atoms with Gasteiger partial charge in [0.05, 0.1) is 30.2 Å². The van der Waals surface area contributed by atoms with Crippen LogP contribution in [-0.2, 0) is 19.1 Å². The first kappa shape index (κ1) is 22.4. The number of fused-ring (bicyclic) bond motifs is 1. The van der Waals surface area contributed by atoms with E-state index < -0.39 is 35.3 Å². The lowest BCUT2D eigenvalue weighted by atomic mass is 9.77. The highest BCUT2D eigenvalue weighted by Crippen LogP contribution is 2.52. The summed E-state index contributed by atoms with van der Waals surface area (Å²) in [5, 5.41) is 5.28. The molecule has 2 aromatic rings. The van der Waals surface area contributed by atoms with E-state index in [1.807, 2.05) is 24.4 Å². The molecule has 2 fully saturated rings. The van der Waals surface area contributed by atoms with Gasteiger partial charge in [-0.25, -0.2) is 4.90 Å². The minimum absolute atomic E-state index is 0.156. The number of rotatable bonds is 7. The van der Waals surface area contributed by atoms with Gasteiger partial charge in [-0.3, -0.25) is 24.5 Å². The molecule has 4 rings (SSSR count). The standard InChI is InChI=1S/C24H26N2O5S/c1-4-11-24(23(30)31-5-2)19-18(20(25-24)17-10-7-12-32-17)21(28)26(22(19)29)16-9-6-8-15(13-16)14(3)27/h6-10,12-13,18-20,25H,4-5,11H2,1-3H3. The molecule has 2 amide bonds. The Labute approximate surface area is 190 Å². The molecule has 0 bridgehead atoms. The van der Waals surface area contributed by atoms with Gasteiger partial charge >= 0.3 is 5.97 Å². The summed E-state index contributed by atoms with van der Waals surface area (Å²) in [6.45, 7) is 5.28. The van der Waals surface area contributed by atoms with Crippen molar-refractivity contribution in [3.8, 4) is 0 Å². The molecular weight excluding hydrogens is 428 g/mol. The normalized spacial score (nSPS) is 27.0. The molecule has 2 aliphatic rings. The third-order valence-electron chi connectivity index (χ3n) is 6.30. The molecule has 7 nitrogen and oxygen atoms in total. The minimum atomic E-state index is -1.29. The van der Waals surface area contributed by atoms with Crippen LogP contribution in [0.4, 0.5) is 5.69 Å². The predicted octanol–water partition coefficient (Wildman–Crippen LogP) is 3.50. The molecule has 2 aliphatic heterocycles. The van der Waals surface area contributed by atoms with Crippen LogP contribution in [0.15, 0.2) is 41.8 Å². The molecule has 1 aromatic heterocycles. The molecule has 2 saturated heterocycles. The first-order chi connectivity index (χ1) is 15.4. The Morgan fingerprint density at radius 1 is 1.16 bits per heavy atom. The number of nitrogens with zero attached hydrogens (tertiary/aromatic N) is 1. The highest BCUT2D eigenvalue weighted by Gasteiger charge is 2.68. The minimum Gasteiger partial charge on any atom is -0.465 e. The fourth-order valence-electron chi connectivity index (χ4n) is 5.01. The van der Waals surface area contributed by atoms with Crippen molar-refractivity contribution in [2.24, 2.45) is 11.8 Å². The maximum atomic E-state index is 13.8. The van der Waals surface area contributed by atoms with Crippen LogP contribution in [0.1, 0.15) is 54.9 Å². The molecular formula is C24H26N2O5S. The van der Waals surface area contributed by atoms with Gasteiger partial charge in [0.1, 0.15) is 5.54 Å². The van der Waals surface area contributed by atoms with Crippen LogP contribution in [-0.4, -0.2) is 35.7 Å². The van der Waals surface area contributed by atoms with Crippen molar-refractivity contribution in [2.75, 3.05) is 11.5 Å². The number of ketones is 1. The molecule has 0 aliphatic carbocycles. The Bertz CT molecular complexity index is 1070. The van der Waals surface area contributed by atoms with Crippen molar-refractivity contribution < 1.29 is 23.9 Å². The number of amides is 2. The lowest BCUT2D eigenvalue weighted by molar-refractivity contribution is -0.155. The number of ether oxygens (including phenoxy) is 1. The van der Waals surface area contributed by atoms with E-state index in [1.165, 1.54) is 18.3 Å². The van der Waals surface area contributed by atoms with Crippen molar-refractivity contribution in [2.45, 2.75) is 45.2 Å². The van der Waals surface area contributed by atoms with Crippen LogP contribution in [0.5, 0.6) is 0 Å². The van der Waals surface area contributed by atoms with Gasteiger partial charge in [-0.15, -0.1) is 11.3 Å². The van der Waals surface area contributed by atoms with Crippen molar-refractivity contribution in [1.82, 2.24) is 5.32 Å². The van der Waals surface area contributed by atoms with Gasteiger partial charge in [-0.05, 0) is 43.8 Å². The molecule has 4 atom stereocenters. The largest absolute Gasteiger partial charge is 0.465 e. The maximum Gasteiger partial charge on any atom is 0.327 e. The summed E-state index contributed by atoms with van der Waals surface area (Å²) < 4.78 is 5.41. The first-order valence-corrected chi connectivity index (χ1v) is 11.7. The topological polar surface area (TPSA) is 92.8 Å². The van der Waals surface area contributed by atoms with Gasteiger partial charge in [0.2, 0.25) is 11.8 Å². The number of nitrogens with one attached hydrogen (secondary N) is 1. The third kappa shape index (κ3) is 3.38. The molecule has 0 spiro atoms. The van der Waals surface area contributed by atoms with E-state index in [2.05, 4.69) is 5.32 Å². The smallest absolute Gasteiger partial charge is 0.327 e. The molecule has 3 heterocycles. The third-order valence-corrected chi connectivity index (χ3v) is 7.25. The average Bonchev–Trinajstić information content (AvgIpc) is 3.46. The summed E-state index contributed by atoms with van der Waals surface area (Å²) in [7, 11) is 0. The number of benzene rings is 1. The number of anilines is 1. The first-order valence-electron chi connectivity index (χ1n) is 10.8. The zero-order chi connectivity index (χ0) is 23.0. The summed E-state index contributed by atoms with van der Waals surface area (Å²) in [5.41, 5.74) is -0.524. The molecule has 0 radical (unpaired) electrons. The zero-order valence-electron chi connectivity index (χ0n) is 18.3. The Morgan fingerprint density at radius 3 is 2.56 bits per heavy atom. The van der Waals surface area contributed by atoms with E-state index in [4.69, 9.17) is 4.74 Å². The molecule has 4 unspecified atom stereocenters. The number of hydrogen-bond donors (Lipinski definition) is 1. The van der Waals surface area contributed by atoms with Crippen LogP contribution < -0.4 is 10.2 Å². The highest BCUT2D eigenvalue weighted by atomic mass is 32.1. The Kier molecular flexibility index (Phi) is 6.01. The molecule has 1 N–H and O–H groups in total. The van der Waals surface area contributed by atoms with Gasteiger partial charge in [0.15, 0.2) is 5.78 Å². The number of carbonyl (C=O) groups excluding carboxylic acids is 4. The van der Waals surface area contributed by atoms with Crippen LogP contribution in [0.2, 0.25) is 0 Å². The number of imide groups is 1. The lowest BCUT2D eigenvalue weighted by Crippen LogP contribution is -2.56. The van der Waals surface area contributed by atoms with Crippen molar-refractivity contribution >= 4 is 40.6 Å². The van der Waals surface area contributed by atoms with Crippen LogP contribution in [0.25, 0.3) is 0 Å². The second-order valence-corrected chi connectivity index (χ2v) is 9.18. The zero-order valence-corrected chi connectivity index (χ0v) is 19.1. The van der Waals surface area contributed by atoms with Gasteiger partial charge in [-0.2, -0.15) is 0 Å². The summed E-state index contributed by atoms with van der Waals surface area (Å²) in [6.07, 6.45) is 1.00. The van der Waals surface area contributed by atoms with Crippen LogP contribution in [0.3, 0.4) is 0 Å². The molecule has 8 heteroatoms. The number of hydrogen-bond acceptors (Lipinski definition) is 7. The fraction of sp³-hybridized carbons (Fsp3) is 0.417. The maximum absolute atomic E-state index is 13.8. The fourth-order valence-corrected chi connectivity index (χ4v) is 5.83. The van der Waals surface area contributed by atoms with Crippen molar-refractivity contribution in [3.63, 3.8) is 0 Å². The van der Waals surface area contributed by atoms with Crippen molar-refractivity contribution in [1.29, 1.82) is 0 Å². The van der Waals surface area contributed by atoms with Gasteiger partial charge < -0.3 is 4.74 Å². The van der Waals surface area contributed by atoms with E-state index in [0.29, 0.717) is 24.1 Å². The number of esters is 1. The number of thiophene rings is 1. The summed E-state index contributed by atoms with van der Waals surface area (Å²) in [6, 6.07) is 9.81. The monoisotopic (exact) mass is 454 g/mol. The predicted molar refractivity (Wildman–Crippen MR) is 120 cm³/mol. The van der Waals surface area contributed by atoms with Crippen molar-refractivity contribution in [3.05, 3.63) is 52.2 Å². The summed E-state index contributed by atoms with van der Waals surface area (Å²) in [5.74, 6) is -3.09. The van der Waals surface area contributed by atoms with Crippen LogP contribution in [0, 0.1) is 11.8 Å². The number of carbonyl (C=O) groups is 4. The van der Waals surface area contributed by atoms with E-state index in [0.717, 1.165) is 9.78 Å². The van der Waals surface area contributed by atoms with E-state index >= 15 is 0 Å². The van der Waals surface area contributed by atoms with E-state index in [1.54, 1.807) is 31.2 Å². The molecule has 1 aromatic carbocycles. The summed E-state index contributed by atoms with van der Waals surface area (Å²) >= 11 is 1.48. The second-order valence-electron chi connectivity index (χ2n) is 8.20. The molecule has 32 heavy (non-hydrogen) atoms.